The molecule has 0 spiro atoms. The Kier molecular flexibility index (Phi) is 4.51. The van der Waals surface area contributed by atoms with Gasteiger partial charge in [0.1, 0.15) is 11.0 Å². The van der Waals surface area contributed by atoms with Gasteiger partial charge in [0.05, 0.1) is 12.4 Å². The highest BCUT2D eigenvalue weighted by Gasteiger charge is 2.24. The molecule has 1 saturated carbocycles. The average molecular weight is 404 g/mol. The smallest absolute Gasteiger partial charge is 0.251 e. The van der Waals surface area contributed by atoms with E-state index in [1.165, 1.54) is 12.8 Å². The van der Waals surface area contributed by atoms with Gasteiger partial charge in [-0.2, -0.15) is 4.98 Å². The fraction of sp³-hybridized carbons (Fsp3) is 0.364. The van der Waals surface area contributed by atoms with Gasteiger partial charge in [-0.1, -0.05) is 25.0 Å². The molecule has 1 unspecified atom stereocenters. The molecule has 1 aromatic carbocycles. The molecule has 1 atom stereocenters. The Balaban J connectivity index is 1.51. The molecule has 3 heterocycles. The highest BCUT2D eigenvalue weighted by Crippen LogP contribution is 2.35. The van der Waals surface area contributed by atoms with Gasteiger partial charge in [-0.3, -0.25) is 4.79 Å². The zero-order valence-corrected chi connectivity index (χ0v) is 17.1. The number of ketones is 1. The molecule has 1 aliphatic carbocycles. The van der Waals surface area contributed by atoms with E-state index >= 15 is 0 Å². The van der Waals surface area contributed by atoms with Crippen LogP contribution in [0.1, 0.15) is 37.3 Å². The number of nitrogens with zero attached hydrogens (tertiary/aromatic N) is 4. The van der Waals surface area contributed by atoms with Crippen LogP contribution in [0.2, 0.25) is 0 Å². The Morgan fingerprint density at radius 1 is 1.33 bits per heavy atom. The minimum atomic E-state index is -0.633. The number of anilines is 1. The monoisotopic (exact) mass is 404 g/mol. The van der Waals surface area contributed by atoms with Crippen molar-refractivity contribution >= 4 is 33.9 Å². The van der Waals surface area contributed by atoms with Crippen molar-refractivity contribution in [1.29, 1.82) is 0 Å². The van der Waals surface area contributed by atoms with Gasteiger partial charge in [-0.15, -0.1) is 0 Å². The lowest BCUT2D eigenvalue weighted by molar-refractivity contribution is -0.120. The Labute approximate surface area is 173 Å². The molecule has 0 saturated heterocycles. The summed E-state index contributed by atoms with van der Waals surface area (Å²) in [6, 6.07) is 6.90. The largest absolute Gasteiger partial charge is 0.418 e. The lowest BCUT2D eigenvalue weighted by Crippen LogP contribution is -2.21. The zero-order valence-electron chi connectivity index (χ0n) is 17.1. The van der Waals surface area contributed by atoms with Crippen LogP contribution in [-0.4, -0.2) is 32.3 Å². The average Bonchev–Trinajstić information content (AvgIpc) is 3.38. The van der Waals surface area contributed by atoms with Gasteiger partial charge in [0.15, 0.2) is 17.1 Å². The number of benzene rings is 1. The molecule has 0 radical (unpaired) electrons. The third-order valence-electron chi connectivity index (χ3n) is 5.78. The van der Waals surface area contributed by atoms with E-state index in [2.05, 4.69) is 20.3 Å². The first-order chi connectivity index (χ1) is 14.5. The maximum atomic E-state index is 12.5. The minimum absolute atomic E-state index is 0.0773. The van der Waals surface area contributed by atoms with Crippen LogP contribution in [0.3, 0.4) is 0 Å². The zero-order chi connectivity index (χ0) is 20.8. The molecule has 1 fully saturated rings. The first kappa shape index (κ1) is 18.7. The second-order valence-electron chi connectivity index (χ2n) is 7.99. The molecular weight excluding hydrogens is 380 g/mol. The predicted molar refractivity (Wildman–Crippen MR) is 115 cm³/mol. The van der Waals surface area contributed by atoms with E-state index in [0.29, 0.717) is 35.3 Å². The second-order valence-corrected chi connectivity index (χ2v) is 7.99. The van der Waals surface area contributed by atoms with E-state index < -0.39 is 6.04 Å². The van der Waals surface area contributed by atoms with Crippen molar-refractivity contribution in [3.05, 3.63) is 36.2 Å². The third-order valence-corrected chi connectivity index (χ3v) is 5.78. The van der Waals surface area contributed by atoms with Gasteiger partial charge in [0.2, 0.25) is 5.89 Å². The Morgan fingerprint density at radius 3 is 2.93 bits per heavy atom. The van der Waals surface area contributed by atoms with Crippen LogP contribution < -0.4 is 11.1 Å². The number of carbonyl (C=O) groups excluding carboxylic acids is 1. The van der Waals surface area contributed by atoms with Crippen LogP contribution in [0.4, 0.5) is 5.82 Å². The number of oxazole rings is 1. The highest BCUT2D eigenvalue weighted by atomic mass is 16.4. The molecule has 154 valence electrons. The maximum absolute atomic E-state index is 12.5. The molecule has 0 aliphatic heterocycles. The summed E-state index contributed by atoms with van der Waals surface area (Å²) in [5.74, 6) is 1.87. The Hall–Kier alpha value is -3.26. The van der Waals surface area contributed by atoms with Crippen LogP contribution in [0.15, 0.2) is 35.0 Å². The lowest BCUT2D eigenvalue weighted by Gasteiger charge is -2.11. The van der Waals surface area contributed by atoms with Crippen LogP contribution in [-0.2, 0) is 11.8 Å². The fourth-order valence-corrected chi connectivity index (χ4v) is 3.84. The molecule has 3 aromatic heterocycles. The number of nitrogens with two attached hydrogens (primary N) is 1. The summed E-state index contributed by atoms with van der Waals surface area (Å²) < 4.78 is 7.88. The molecular formula is C22H24N6O2. The van der Waals surface area contributed by atoms with Crippen molar-refractivity contribution in [2.45, 2.75) is 31.7 Å². The molecule has 4 aromatic rings. The van der Waals surface area contributed by atoms with Gasteiger partial charge >= 0.3 is 0 Å². The third kappa shape index (κ3) is 3.23. The molecule has 8 nitrogen and oxygen atoms in total. The lowest BCUT2D eigenvalue weighted by atomic mass is 9.98. The van der Waals surface area contributed by atoms with E-state index in [-0.39, 0.29) is 5.78 Å². The van der Waals surface area contributed by atoms with Crippen molar-refractivity contribution in [1.82, 2.24) is 19.5 Å². The number of hydrogen-bond acceptors (Lipinski definition) is 7. The summed E-state index contributed by atoms with van der Waals surface area (Å²) in [7, 11) is 3.71. The van der Waals surface area contributed by atoms with Crippen molar-refractivity contribution in [3.63, 3.8) is 0 Å². The fourth-order valence-electron chi connectivity index (χ4n) is 3.84. The van der Waals surface area contributed by atoms with Gasteiger partial charge in [-0.25, -0.2) is 9.97 Å². The Morgan fingerprint density at radius 2 is 2.17 bits per heavy atom. The van der Waals surface area contributed by atoms with Crippen molar-refractivity contribution < 1.29 is 9.21 Å². The number of nitrogens with one attached hydrogen (secondary N) is 1. The summed E-state index contributed by atoms with van der Waals surface area (Å²) in [5.41, 5.74) is 10.5. The molecule has 8 heteroatoms. The number of rotatable bonds is 7. The number of hydrogen-bond donors (Lipinski definition) is 2. The molecule has 0 bridgehead atoms. The van der Waals surface area contributed by atoms with Crippen LogP contribution in [0, 0.1) is 5.92 Å². The van der Waals surface area contributed by atoms with Crippen molar-refractivity contribution in [2.75, 3.05) is 12.4 Å². The first-order valence-corrected chi connectivity index (χ1v) is 10.2. The predicted octanol–water partition coefficient (Wildman–Crippen LogP) is 3.58. The summed E-state index contributed by atoms with van der Waals surface area (Å²) >= 11 is 0. The number of pyridine rings is 1. The van der Waals surface area contributed by atoms with Gasteiger partial charge in [0, 0.05) is 26.1 Å². The Bertz CT molecular complexity index is 1250. The SMILES string of the molecule is CNc1nc2oc(-c3cccc(C(N)C(=O)CCC4CC4)c3)nc2c2c1ncn2C. The van der Waals surface area contributed by atoms with E-state index in [0.717, 1.165) is 28.6 Å². The van der Waals surface area contributed by atoms with Gasteiger partial charge < -0.3 is 20.0 Å². The normalized spacial score (nSPS) is 15.0. The molecule has 0 amide bonds. The van der Waals surface area contributed by atoms with Crippen LogP contribution in [0.5, 0.6) is 0 Å². The number of fused-ring (bicyclic) bond motifs is 3. The van der Waals surface area contributed by atoms with E-state index in [4.69, 9.17) is 10.2 Å². The van der Waals surface area contributed by atoms with Crippen LogP contribution in [0.25, 0.3) is 33.7 Å². The second kappa shape index (κ2) is 7.21. The quantitative estimate of drug-likeness (QED) is 0.484. The van der Waals surface area contributed by atoms with Crippen molar-refractivity contribution in [2.24, 2.45) is 18.7 Å². The van der Waals surface area contributed by atoms with Gasteiger partial charge in [0.25, 0.3) is 5.71 Å². The highest BCUT2D eigenvalue weighted by molar-refractivity contribution is 6.03. The van der Waals surface area contributed by atoms with E-state index in [9.17, 15) is 4.79 Å². The van der Waals surface area contributed by atoms with Crippen molar-refractivity contribution in [3.8, 4) is 11.5 Å². The van der Waals surface area contributed by atoms with Gasteiger partial charge in [-0.05, 0) is 30.0 Å². The summed E-state index contributed by atoms with van der Waals surface area (Å²) in [4.78, 5) is 26.1. The first-order valence-electron chi connectivity index (χ1n) is 10.2. The molecule has 30 heavy (non-hydrogen) atoms. The molecule has 3 N–H and O–H groups in total. The minimum Gasteiger partial charge on any atom is -0.418 e. The standard InChI is InChI=1S/C22H24N6O2/c1-24-20-17-19(28(2)11-25-17)18-22(27-20)30-21(26-18)14-5-3-4-13(10-14)16(23)15(29)9-8-12-6-7-12/h3-5,10-12,16H,6-9,23H2,1-2H3,(H,24,27). The summed E-state index contributed by atoms with van der Waals surface area (Å²) in [5, 5.41) is 3.06. The number of imidazole rings is 1. The van der Waals surface area contributed by atoms with E-state index in [1.807, 2.05) is 35.9 Å². The molecule has 1 aliphatic rings. The summed E-state index contributed by atoms with van der Waals surface area (Å²) in [6.45, 7) is 0. The van der Waals surface area contributed by atoms with E-state index in [1.54, 1.807) is 13.4 Å². The number of aryl methyl sites for hydroxylation is 1. The van der Waals surface area contributed by atoms with Crippen LogP contribution >= 0.6 is 0 Å². The number of aromatic nitrogens is 4. The topological polar surface area (TPSA) is 112 Å². The number of Topliss-reactive ketones (excluding diaryl/α,β-unsaturated/α-hetero) is 1. The maximum Gasteiger partial charge on any atom is 0.251 e. The molecule has 5 rings (SSSR count). The summed E-state index contributed by atoms with van der Waals surface area (Å²) in [6.07, 6.45) is 5.69. The number of carbonyl (C=O) groups is 1.